The Kier molecular flexibility index (Phi) is 4.54. The number of sulfonamides is 1. The minimum absolute atomic E-state index is 0.0622. The number of nitrogens with one attached hydrogen (secondary N) is 1. The second-order valence-electron chi connectivity index (χ2n) is 5.63. The first kappa shape index (κ1) is 16.5. The lowest BCUT2D eigenvalue weighted by atomic mass is 9.70. The Bertz CT molecular complexity index is 685. The van der Waals surface area contributed by atoms with Crippen LogP contribution in [0.25, 0.3) is 0 Å². The van der Waals surface area contributed by atoms with Gasteiger partial charge in [0.25, 0.3) is 5.91 Å². The highest BCUT2D eigenvalue weighted by Gasteiger charge is 2.32. The second kappa shape index (κ2) is 5.76. The van der Waals surface area contributed by atoms with Crippen molar-refractivity contribution < 1.29 is 13.2 Å². The highest BCUT2D eigenvalue weighted by Crippen LogP contribution is 2.39. The third-order valence-electron chi connectivity index (χ3n) is 3.83. The molecule has 0 atom stereocenters. The third-order valence-corrected chi connectivity index (χ3v) is 5.60. The number of amides is 1. The Hall–Kier alpha value is -0.820. The number of hydrogen-bond donors (Lipinski definition) is 2. The molecule has 0 aromatic heterocycles. The molecular weight excluding hydrogens is 335 g/mol. The second-order valence-corrected chi connectivity index (χ2v) is 7.94. The Balaban J connectivity index is 2.28. The number of rotatable bonds is 4. The number of carbonyl (C=O) groups excluding carboxylic acids is 1. The molecule has 0 heterocycles. The molecule has 0 unspecified atom stereocenters. The summed E-state index contributed by atoms with van der Waals surface area (Å²) in [6, 6.07) is 2.48. The third kappa shape index (κ3) is 3.51. The molecule has 1 aromatic rings. The number of carbonyl (C=O) groups is 1. The van der Waals surface area contributed by atoms with Gasteiger partial charge in [-0.05, 0) is 30.4 Å². The van der Waals surface area contributed by atoms with Gasteiger partial charge in [0, 0.05) is 6.54 Å². The summed E-state index contributed by atoms with van der Waals surface area (Å²) < 4.78 is 22.9. The fraction of sp³-hybridized carbons (Fsp3) is 0.462. The minimum atomic E-state index is -4.01. The Labute approximate surface area is 133 Å². The van der Waals surface area contributed by atoms with Gasteiger partial charge < -0.3 is 5.32 Å². The van der Waals surface area contributed by atoms with Gasteiger partial charge in [-0.1, -0.05) is 36.5 Å². The molecule has 0 bridgehead atoms. The predicted octanol–water partition coefficient (Wildman–Crippen LogP) is 2.56. The SMILES string of the molecule is CC1(CNC(=O)c2c(Cl)ccc(S(N)(=O)=O)c2Cl)CCC1. The first-order valence-corrected chi connectivity index (χ1v) is 8.73. The predicted molar refractivity (Wildman–Crippen MR) is 82.1 cm³/mol. The minimum Gasteiger partial charge on any atom is -0.351 e. The van der Waals surface area contributed by atoms with Gasteiger partial charge in [0.15, 0.2) is 0 Å². The van der Waals surface area contributed by atoms with Crippen molar-refractivity contribution >= 4 is 39.1 Å². The Morgan fingerprint density at radius 2 is 2.00 bits per heavy atom. The van der Waals surface area contributed by atoms with Crippen molar-refractivity contribution in [2.75, 3.05) is 6.54 Å². The molecular formula is C13H16Cl2N2O3S. The lowest BCUT2D eigenvalue weighted by Crippen LogP contribution is -2.40. The van der Waals surface area contributed by atoms with Gasteiger partial charge in [0.1, 0.15) is 4.90 Å². The van der Waals surface area contributed by atoms with Crippen molar-refractivity contribution in [2.45, 2.75) is 31.1 Å². The summed E-state index contributed by atoms with van der Waals surface area (Å²) in [5.74, 6) is -0.497. The molecule has 0 aliphatic heterocycles. The Morgan fingerprint density at radius 3 is 2.48 bits per heavy atom. The van der Waals surface area contributed by atoms with E-state index in [1.807, 2.05) is 0 Å². The monoisotopic (exact) mass is 350 g/mol. The number of nitrogens with two attached hydrogens (primary N) is 1. The zero-order chi connectivity index (χ0) is 15.8. The summed E-state index contributed by atoms with van der Waals surface area (Å²) in [5, 5.41) is 7.66. The standard InChI is InChI=1S/C13H16Cl2N2O3S/c1-13(5-2-6-13)7-17-12(18)10-8(14)3-4-9(11(10)15)21(16,19)20/h3-4H,2,5-7H2,1H3,(H,17,18)(H2,16,19,20). The van der Waals surface area contributed by atoms with Gasteiger partial charge in [-0.3, -0.25) is 4.79 Å². The van der Waals surface area contributed by atoms with E-state index in [4.69, 9.17) is 28.3 Å². The number of benzene rings is 1. The smallest absolute Gasteiger partial charge is 0.254 e. The summed E-state index contributed by atoms with van der Waals surface area (Å²) in [4.78, 5) is 11.9. The van der Waals surface area contributed by atoms with Gasteiger partial charge in [-0.15, -0.1) is 0 Å². The van der Waals surface area contributed by atoms with E-state index >= 15 is 0 Å². The van der Waals surface area contributed by atoms with Gasteiger partial charge in [0.2, 0.25) is 10.0 Å². The van der Waals surface area contributed by atoms with E-state index in [1.165, 1.54) is 12.1 Å². The highest BCUT2D eigenvalue weighted by atomic mass is 35.5. The van der Waals surface area contributed by atoms with E-state index in [9.17, 15) is 13.2 Å². The van der Waals surface area contributed by atoms with Crippen LogP contribution in [0, 0.1) is 5.41 Å². The van der Waals surface area contributed by atoms with Gasteiger partial charge in [-0.2, -0.15) is 0 Å². The van der Waals surface area contributed by atoms with Crippen LogP contribution < -0.4 is 10.5 Å². The normalized spacial score (nSPS) is 17.1. The maximum Gasteiger partial charge on any atom is 0.254 e. The molecule has 1 aromatic carbocycles. The first-order valence-electron chi connectivity index (χ1n) is 6.43. The zero-order valence-corrected chi connectivity index (χ0v) is 13.8. The van der Waals surface area contributed by atoms with Crippen molar-refractivity contribution in [3.05, 3.63) is 27.7 Å². The number of primary sulfonamides is 1. The molecule has 116 valence electrons. The van der Waals surface area contributed by atoms with Crippen LogP contribution in [0.15, 0.2) is 17.0 Å². The first-order chi connectivity index (χ1) is 9.64. The summed E-state index contributed by atoms with van der Waals surface area (Å²) in [6.45, 7) is 2.58. The van der Waals surface area contributed by atoms with Crippen LogP contribution in [-0.2, 0) is 10.0 Å². The molecule has 21 heavy (non-hydrogen) atoms. The van der Waals surface area contributed by atoms with Crippen molar-refractivity contribution in [1.29, 1.82) is 0 Å². The van der Waals surface area contributed by atoms with Crippen LogP contribution in [-0.4, -0.2) is 20.9 Å². The van der Waals surface area contributed by atoms with Gasteiger partial charge >= 0.3 is 0 Å². The largest absolute Gasteiger partial charge is 0.351 e. The topological polar surface area (TPSA) is 89.3 Å². The molecule has 1 aliphatic rings. The van der Waals surface area contributed by atoms with Crippen LogP contribution >= 0.6 is 23.2 Å². The maximum absolute atomic E-state index is 12.2. The molecule has 5 nitrogen and oxygen atoms in total. The molecule has 1 aliphatic carbocycles. The van der Waals surface area contributed by atoms with Crippen LogP contribution in [0.2, 0.25) is 10.0 Å². The van der Waals surface area contributed by atoms with Crippen molar-refractivity contribution in [3.8, 4) is 0 Å². The molecule has 0 saturated heterocycles. The summed E-state index contributed by atoms with van der Waals surface area (Å²) in [5.41, 5.74) is 0.0272. The molecule has 1 fully saturated rings. The molecule has 0 radical (unpaired) electrons. The average Bonchev–Trinajstić information content (AvgIpc) is 2.32. The molecule has 0 spiro atoms. The fourth-order valence-corrected chi connectivity index (χ4v) is 3.77. The zero-order valence-electron chi connectivity index (χ0n) is 11.4. The van der Waals surface area contributed by atoms with Crippen LogP contribution in [0.1, 0.15) is 36.5 Å². The van der Waals surface area contributed by atoms with Crippen LogP contribution in [0.4, 0.5) is 0 Å². The van der Waals surface area contributed by atoms with E-state index in [2.05, 4.69) is 12.2 Å². The summed E-state index contributed by atoms with van der Waals surface area (Å²) >= 11 is 12.0. The summed E-state index contributed by atoms with van der Waals surface area (Å²) in [6.07, 6.45) is 3.24. The molecule has 3 N–H and O–H groups in total. The quantitative estimate of drug-likeness (QED) is 0.874. The Morgan fingerprint density at radius 1 is 1.38 bits per heavy atom. The van der Waals surface area contributed by atoms with E-state index in [0.717, 1.165) is 19.3 Å². The van der Waals surface area contributed by atoms with Crippen molar-refractivity contribution in [1.82, 2.24) is 5.32 Å². The fourth-order valence-electron chi connectivity index (χ4n) is 2.30. The van der Waals surface area contributed by atoms with Crippen molar-refractivity contribution in [3.63, 3.8) is 0 Å². The maximum atomic E-state index is 12.2. The summed E-state index contributed by atoms with van der Waals surface area (Å²) in [7, 11) is -4.01. The van der Waals surface area contributed by atoms with E-state index in [1.54, 1.807) is 0 Å². The van der Waals surface area contributed by atoms with Crippen LogP contribution in [0.3, 0.4) is 0 Å². The number of hydrogen-bond acceptors (Lipinski definition) is 3. The molecule has 2 rings (SSSR count). The van der Waals surface area contributed by atoms with E-state index in [0.29, 0.717) is 6.54 Å². The average molecular weight is 351 g/mol. The lowest BCUT2D eigenvalue weighted by Gasteiger charge is -2.38. The molecule has 8 heteroatoms. The van der Waals surface area contributed by atoms with Gasteiger partial charge in [-0.25, -0.2) is 13.6 Å². The molecule has 1 saturated carbocycles. The highest BCUT2D eigenvalue weighted by molar-refractivity contribution is 7.89. The van der Waals surface area contributed by atoms with Crippen LogP contribution in [0.5, 0.6) is 0 Å². The van der Waals surface area contributed by atoms with E-state index in [-0.39, 0.29) is 25.9 Å². The molecule has 1 amide bonds. The van der Waals surface area contributed by atoms with Crippen molar-refractivity contribution in [2.24, 2.45) is 10.6 Å². The lowest BCUT2D eigenvalue weighted by molar-refractivity contribution is 0.0891. The number of halogens is 2. The van der Waals surface area contributed by atoms with Gasteiger partial charge in [0.05, 0.1) is 15.6 Å². The van der Waals surface area contributed by atoms with E-state index < -0.39 is 15.9 Å².